The van der Waals surface area contributed by atoms with Gasteiger partial charge in [0.2, 0.25) is 0 Å². The lowest BCUT2D eigenvalue weighted by molar-refractivity contribution is 0.401. The van der Waals surface area contributed by atoms with Gasteiger partial charge in [-0.15, -0.1) is 0 Å². The van der Waals surface area contributed by atoms with Gasteiger partial charge in [-0.05, 0) is 41.1 Å². The molecule has 0 bridgehead atoms. The van der Waals surface area contributed by atoms with E-state index >= 15 is 0 Å². The van der Waals surface area contributed by atoms with E-state index < -0.39 is 20.9 Å². The average Bonchev–Trinajstić information content (AvgIpc) is 3.04. The van der Waals surface area contributed by atoms with Gasteiger partial charge < -0.3 is 4.74 Å². The molecule has 0 aliphatic carbocycles. The number of benzene rings is 1. The Hall–Kier alpha value is -0.460. The van der Waals surface area contributed by atoms with Crippen LogP contribution >= 0.6 is 15.9 Å². The minimum absolute atomic E-state index is 0.115. The first-order valence-corrected chi connectivity index (χ1v) is 7.07. The first-order chi connectivity index (χ1) is 7.43. The molecule has 16 heavy (non-hydrogen) atoms. The molecular weight excluding hydrogens is 299 g/mol. The number of ether oxygens (including phenoxy) is 1. The van der Waals surface area contributed by atoms with Gasteiger partial charge >= 0.3 is 0 Å². The fourth-order valence-corrected chi connectivity index (χ4v) is 3.45. The highest BCUT2D eigenvalue weighted by Gasteiger charge is 2.39. The van der Waals surface area contributed by atoms with Gasteiger partial charge in [-0.1, -0.05) is 0 Å². The summed E-state index contributed by atoms with van der Waals surface area (Å²) in [4.78, 5) is 0.115. The molecule has 0 radical (unpaired) electrons. The maximum atomic E-state index is 13.0. The average molecular weight is 309 g/mol. The fourth-order valence-electron chi connectivity index (χ4n) is 1.39. The Morgan fingerprint density at radius 1 is 1.56 bits per heavy atom. The van der Waals surface area contributed by atoms with Crippen LogP contribution in [-0.2, 0) is 14.6 Å². The van der Waals surface area contributed by atoms with E-state index in [1.807, 2.05) is 0 Å². The number of hydrogen-bond donors (Lipinski definition) is 0. The first kappa shape index (κ1) is 12.0. The maximum Gasteiger partial charge on any atom is 0.183 e. The molecule has 0 amide bonds. The first-order valence-electron chi connectivity index (χ1n) is 4.73. The minimum atomic E-state index is -3.44. The Balaban J connectivity index is 2.38. The predicted octanol–water partition coefficient (Wildman–Crippen LogP) is 2.15. The standard InChI is InChI=1S/C10H10BrFO3S/c1-6(10-5-15-10)16(13,14)7-2-3-9(12)8(11)4-7/h2-4,6,10H,5H2,1H3. The zero-order valence-corrected chi connectivity index (χ0v) is 10.9. The highest BCUT2D eigenvalue weighted by atomic mass is 79.9. The van der Waals surface area contributed by atoms with Crippen LogP contribution in [0.1, 0.15) is 6.92 Å². The lowest BCUT2D eigenvalue weighted by atomic mass is 10.3. The second kappa shape index (κ2) is 4.09. The number of epoxide rings is 1. The summed E-state index contributed by atoms with van der Waals surface area (Å²) in [6.45, 7) is 2.08. The van der Waals surface area contributed by atoms with Crippen molar-refractivity contribution in [3.8, 4) is 0 Å². The van der Waals surface area contributed by atoms with Crippen LogP contribution in [-0.4, -0.2) is 26.4 Å². The van der Waals surface area contributed by atoms with Crippen molar-refractivity contribution in [1.29, 1.82) is 0 Å². The summed E-state index contributed by atoms with van der Waals surface area (Å²) in [6, 6.07) is 3.69. The molecule has 2 rings (SSSR count). The van der Waals surface area contributed by atoms with E-state index in [2.05, 4.69) is 15.9 Å². The van der Waals surface area contributed by atoms with E-state index in [4.69, 9.17) is 4.74 Å². The van der Waals surface area contributed by atoms with E-state index in [1.165, 1.54) is 12.1 Å². The van der Waals surface area contributed by atoms with Crippen LogP contribution in [0.4, 0.5) is 4.39 Å². The molecule has 2 unspecified atom stereocenters. The Bertz CT molecular complexity index is 511. The molecule has 1 aliphatic rings. The van der Waals surface area contributed by atoms with Crippen molar-refractivity contribution in [2.24, 2.45) is 0 Å². The molecule has 88 valence electrons. The van der Waals surface area contributed by atoms with Gasteiger partial charge in [-0.2, -0.15) is 0 Å². The van der Waals surface area contributed by atoms with Gasteiger partial charge in [-0.25, -0.2) is 12.8 Å². The van der Waals surface area contributed by atoms with Gasteiger partial charge in [0.05, 0.1) is 27.3 Å². The Labute approximate surface area is 102 Å². The third kappa shape index (κ3) is 2.14. The summed E-state index contributed by atoms with van der Waals surface area (Å²) in [5.41, 5.74) is 0. The van der Waals surface area contributed by atoms with Crippen molar-refractivity contribution in [1.82, 2.24) is 0 Å². The molecule has 3 nitrogen and oxygen atoms in total. The second-order valence-corrected chi connectivity index (χ2v) is 6.86. The molecule has 1 aromatic carbocycles. The number of rotatable bonds is 3. The largest absolute Gasteiger partial charge is 0.372 e. The van der Waals surface area contributed by atoms with Crippen molar-refractivity contribution >= 4 is 25.8 Å². The lowest BCUT2D eigenvalue weighted by Gasteiger charge is -2.10. The van der Waals surface area contributed by atoms with Gasteiger partial charge in [0, 0.05) is 0 Å². The summed E-state index contributed by atoms with van der Waals surface area (Å²) in [5, 5.41) is -0.593. The van der Waals surface area contributed by atoms with E-state index in [0.717, 1.165) is 6.07 Å². The quantitative estimate of drug-likeness (QED) is 0.635. The van der Waals surface area contributed by atoms with E-state index in [-0.39, 0.29) is 15.5 Å². The molecule has 1 aliphatic heterocycles. The molecule has 1 heterocycles. The predicted molar refractivity (Wildman–Crippen MR) is 60.5 cm³/mol. The molecule has 1 fully saturated rings. The summed E-state index contributed by atoms with van der Waals surface area (Å²) in [6.07, 6.45) is -0.228. The van der Waals surface area contributed by atoms with Crippen molar-refractivity contribution in [3.05, 3.63) is 28.5 Å². The zero-order valence-electron chi connectivity index (χ0n) is 8.48. The number of sulfone groups is 1. The molecule has 2 atom stereocenters. The molecule has 1 aromatic rings. The third-order valence-electron chi connectivity index (χ3n) is 2.59. The van der Waals surface area contributed by atoms with Crippen LogP contribution in [0, 0.1) is 5.82 Å². The van der Waals surface area contributed by atoms with Crippen LogP contribution in [0.2, 0.25) is 0 Å². The summed E-state index contributed by atoms with van der Waals surface area (Å²) in [5.74, 6) is -0.478. The molecule has 0 N–H and O–H groups in total. The van der Waals surface area contributed by atoms with Gasteiger partial charge in [0.15, 0.2) is 9.84 Å². The van der Waals surface area contributed by atoms with Crippen molar-refractivity contribution in [2.75, 3.05) is 6.61 Å². The van der Waals surface area contributed by atoms with Gasteiger partial charge in [-0.3, -0.25) is 0 Å². The SMILES string of the molecule is CC(C1CO1)S(=O)(=O)c1ccc(F)c(Br)c1. The summed E-state index contributed by atoms with van der Waals surface area (Å²) in [7, 11) is -3.44. The van der Waals surface area contributed by atoms with Gasteiger partial charge in [0.25, 0.3) is 0 Å². The molecule has 1 saturated heterocycles. The fraction of sp³-hybridized carbons (Fsp3) is 0.400. The Morgan fingerprint density at radius 3 is 2.69 bits per heavy atom. The zero-order chi connectivity index (χ0) is 11.9. The van der Waals surface area contributed by atoms with Gasteiger partial charge in [0.1, 0.15) is 5.82 Å². The maximum absolute atomic E-state index is 13.0. The highest BCUT2D eigenvalue weighted by molar-refractivity contribution is 9.10. The molecular formula is C10H10BrFO3S. The van der Waals surface area contributed by atoms with Crippen molar-refractivity contribution in [3.63, 3.8) is 0 Å². The van der Waals surface area contributed by atoms with E-state index in [9.17, 15) is 12.8 Å². The molecule has 0 saturated carbocycles. The van der Waals surface area contributed by atoms with Crippen LogP contribution in [0.15, 0.2) is 27.6 Å². The molecule has 0 spiro atoms. The summed E-state index contributed by atoms with van der Waals surface area (Å²) >= 11 is 2.97. The second-order valence-electron chi connectivity index (χ2n) is 3.70. The Morgan fingerprint density at radius 2 is 2.19 bits per heavy atom. The minimum Gasteiger partial charge on any atom is -0.372 e. The molecule has 6 heteroatoms. The van der Waals surface area contributed by atoms with Crippen LogP contribution in [0.3, 0.4) is 0 Å². The van der Waals surface area contributed by atoms with Crippen LogP contribution < -0.4 is 0 Å². The number of halogens is 2. The van der Waals surface area contributed by atoms with E-state index in [1.54, 1.807) is 6.92 Å². The number of hydrogen-bond acceptors (Lipinski definition) is 3. The molecule has 0 aromatic heterocycles. The summed E-state index contributed by atoms with van der Waals surface area (Å²) < 4.78 is 42.2. The van der Waals surface area contributed by atoms with Crippen LogP contribution in [0.5, 0.6) is 0 Å². The Kier molecular flexibility index (Phi) is 3.07. The van der Waals surface area contributed by atoms with E-state index in [0.29, 0.717) is 6.61 Å². The highest BCUT2D eigenvalue weighted by Crippen LogP contribution is 2.28. The topological polar surface area (TPSA) is 46.7 Å². The van der Waals surface area contributed by atoms with Crippen LogP contribution in [0.25, 0.3) is 0 Å². The van der Waals surface area contributed by atoms with Crippen molar-refractivity contribution < 1.29 is 17.5 Å². The third-order valence-corrected chi connectivity index (χ3v) is 5.39. The lowest BCUT2D eigenvalue weighted by Crippen LogP contribution is -2.23. The van der Waals surface area contributed by atoms with Crippen molar-refractivity contribution in [2.45, 2.75) is 23.2 Å². The monoisotopic (exact) mass is 308 g/mol. The normalized spacial score (nSPS) is 21.8. The smallest absolute Gasteiger partial charge is 0.183 e.